The third kappa shape index (κ3) is 2.69. The summed E-state index contributed by atoms with van der Waals surface area (Å²) >= 11 is 0. The molecule has 4 heteroatoms. The first-order valence-corrected chi connectivity index (χ1v) is 7.88. The number of carbonyl (C=O) groups excluding carboxylic acids is 1. The second kappa shape index (κ2) is 5.44. The van der Waals surface area contributed by atoms with Crippen molar-refractivity contribution in [2.75, 3.05) is 16.8 Å². The van der Waals surface area contributed by atoms with Gasteiger partial charge in [-0.2, -0.15) is 0 Å². The van der Waals surface area contributed by atoms with E-state index in [0.29, 0.717) is 0 Å². The van der Waals surface area contributed by atoms with E-state index in [9.17, 15) is 4.79 Å². The van der Waals surface area contributed by atoms with Crippen molar-refractivity contribution in [1.82, 2.24) is 4.98 Å². The maximum atomic E-state index is 11.9. The second-order valence-corrected chi connectivity index (χ2v) is 6.11. The number of fused-ring (bicyclic) bond motifs is 1. The molecule has 1 saturated carbocycles. The summed E-state index contributed by atoms with van der Waals surface area (Å²) < 4.78 is 0. The molecule has 1 fully saturated rings. The highest BCUT2D eigenvalue weighted by Gasteiger charge is 2.29. The van der Waals surface area contributed by atoms with Crippen LogP contribution in [0.4, 0.5) is 11.5 Å². The molecule has 1 aromatic heterocycles. The first kappa shape index (κ1) is 13.3. The van der Waals surface area contributed by atoms with Gasteiger partial charge in [-0.05, 0) is 36.5 Å². The van der Waals surface area contributed by atoms with Crippen LogP contribution in [-0.2, 0) is 17.8 Å². The molecule has 0 unspecified atom stereocenters. The molecule has 2 heterocycles. The summed E-state index contributed by atoms with van der Waals surface area (Å²) in [5.41, 5.74) is 3.64. The van der Waals surface area contributed by atoms with Gasteiger partial charge in [-0.25, -0.2) is 4.98 Å². The molecule has 0 atom stereocenters. The van der Waals surface area contributed by atoms with E-state index < -0.39 is 0 Å². The van der Waals surface area contributed by atoms with Crippen LogP contribution in [0.2, 0.25) is 0 Å². The van der Waals surface area contributed by atoms with Gasteiger partial charge in [0.2, 0.25) is 5.91 Å². The van der Waals surface area contributed by atoms with E-state index in [-0.39, 0.29) is 11.8 Å². The topological polar surface area (TPSA) is 45.2 Å². The number of aromatic nitrogens is 1. The Morgan fingerprint density at radius 1 is 1.18 bits per heavy atom. The summed E-state index contributed by atoms with van der Waals surface area (Å²) in [7, 11) is 0. The van der Waals surface area contributed by atoms with Crippen molar-refractivity contribution < 1.29 is 4.79 Å². The molecular formula is C18H19N3O. The Hall–Kier alpha value is -2.36. The molecule has 0 radical (unpaired) electrons. The minimum atomic E-state index is 0.140. The van der Waals surface area contributed by atoms with Crippen molar-refractivity contribution in [2.45, 2.75) is 25.8 Å². The zero-order valence-electron chi connectivity index (χ0n) is 12.5. The van der Waals surface area contributed by atoms with Crippen molar-refractivity contribution in [1.29, 1.82) is 0 Å². The van der Waals surface area contributed by atoms with Crippen LogP contribution in [0.25, 0.3) is 0 Å². The molecule has 1 N–H and O–H groups in total. The smallest absolute Gasteiger partial charge is 0.227 e. The fourth-order valence-corrected chi connectivity index (χ4v) is 2.95. The van der Waals surface area contributed by atoms with Crippen molar-refractivity contribution in [2.24, 2.45) is 5.92 Å². The number of nitrogens with zero attached hydrogens (tertiary/aromatic N) is 2. The Morgan fingerprint density at radius 3 is 2.82 bits per heavy atom. The fourth-order valence-electron chi connectivity index (χ4n) is 2.95. The maximum absolute atomic E-state index is 11.9. The summed E-state index contributed by atoms with van der Waals surface area (Å²) in [6, 6.07) is 12.4. The van der Waals surface area contributed by atoms with Crippen molar-refractivity contribution >= 4 is 17.4 Å². The Bertz CT molecular complexity index is 709. The largest absolute Gasteiger partial charge is 0.352 e. The van der Waals surface area contributed by atoms with Gasteiger partial charge < -0.3 is 10.2 Å². The SMILES string of the molecule is O=C(Nc1ccnc(N2CCc3ccccc3C2)c1)C1CC1. The number of pyridine rings is 1. The highest BCUT2D eigenvalue weighted by Crippen LogP contribution is 2.31. The van der Waals surface area contributed by atoms with E-state index in [1.807, 2.05) is 12.1 Å². The lowest BCUT2D eigenvalue weighted by Crippen LogP contribution is -2.31. The molecule has 112 valence electrons. The predicted molar refractivity (Wildman–Crippen MR) is 86.8 cm³/mol. The second-order valence-electron chi connectivity index (χ2n) is 6.11. The van der Waals surface area contributed by atoms with E-state index in [1.165, 1.54) is 11.1 Å². The minimum Gasteiger partial charge on any atom is -0.352 e. The van der Waals surface area contributed by atoms with Crippen LogP contribution in [-0.4, -0.2) is 17.4 Å². The van der Waals surface area contributed by atoms with Crippen LogP contribution < -0.4 is 10.2 Å². The Kier molecular flexibility index (Phi) is 3.29. The molecule has 2 aromatic rings. The van der Waals surface area contributed by atoms with Crippen molar-refractivity contribution in [3.63, 3.8) is 0 Å². The van der Waals surface area contributed by atoms with Gasteiger partial charge in [0.1, 0.15) is 5.82 Å². The number of hydrogen-bond donors (Lipinski definition) is 1. The van der Waals surface area contributed by atoms with Gasteiger partial charge in [-0.1, -0.05) is 24.3 Å². The number of hydrogen-bond acceptors (Lipinski definition) is 3. The van der Waals surface area contributed by atoms with E-state index in [2.05, 4.69) is 39.5 Å². The van der Waals surface area contributed by atoms with E-state index in [0.717, 1.165) is 43.9 Å². The lowest BCUT2D eigenvalue weighted by molar-refractivity contribution is -0.117. The van der Waals surface area contributed by atoms with Crippen LogP contribution in [0.15, 0.2) is 42.6 Å². The highest BCUT2D eigenvalue weighted by atomic mass is 16.2. The van der Waals surface area contributed by atoms with Gasteiger partial charge in [0.15, 0.2) is 0 Å². The maximum Gasteiger partial charge on any atom is 0.227 e. The summed E-state index contributed by atoms with van der Waals surface area (Å²) in [5, 5.41) is 3.00. The monoisotopic (exact) mass is 293 g/mol. The summed E-state index contributed by atoms with van der Waals surface area (Å²) in [5.74, 6) is 1.29. The lowest BCUT2D eigenvalue weighted by atomic mass is 10.00. The number of carbonyl (C=O) groups is 1. The average molecular weight is 293 g/mol. The zero-order valence-corrected chi connectivity index (χ0v) is 12.5. The molecule has 0 spiro atoms. The number of benzene rings is 1. The van der Waals surface area contributed by atoms with Gasteiger partial charge in [-0.3, -0.25) is 4.79 Å². The van der Waals surface area contributed by atoms with Gasteiger partial charge in [0.25, 0.3) is 0 Å². The standard InChI is InChI=1S/C18H19N3O/c22-18(14-5-6-14)20-16-7-9-19-17(11-16)21-10-8-13-3-1-2-4-15(13)12-21/h1-4,7,9,11,14H,5-6,8,10,12H2,(H,19,20,22). The Labute approximate surface area is 130 Å². The van der Waals surface area contributed by atoms with Crippen molar-refractivity contribution in [3.05, 3.63) is 53.7 Å². The van der Waals surface area contributed by atoms with Crippen LogP contribution in [0.3, 0.4) is 0 Å². The molecule has 22 heavy (non-hydrogen) atoms. The molecule has 0 bridgehead atoms. The summed E-state index contributed by atoms with van der Waals surface area (Å²) in [6.45, 7) is 1.84. The van der Waals surface area contributed by atoms with E-state index in [4.69, 9.17) is 0 Å². The summed E-state index contributed by atoms with van der Waals surface area (Å²) in [4.78, 5) is 18.6. The number of rotatable bonds is 3. The average Bonchev–Trinajstić information content (AvgIpc) is 3.40. The van der Waals surface area contributed by atoms with Crippen LogP contribution >= 0.6 is 0 Å². The Morgan fingerprint density at radius 2 is 2.00 bits per heavy atom. The van der Waals surface area contributed by atoms with Gasteiger partial charge in [0, 0.05) is 37.0 Å². The van der Waals surface area contributed by atoms with Crippen LogP contribution in [0.5, 0.6) is 0 Å². The van der Waals surface area contributed by atoms with Crippen molar-refractivity contribution in [3.8, 4) is 0 Å². The minimum absolute atomic E-state index is 0.140. The third-order valence-corrected chi connectivity index (χ3v) is 4.42. The van der Waals surface area contributed by atoms with E-state index >= 15 is 0 Å². The van der Waals surface area contributed by atoms with Crippen LogP contribution in [0, 0.1) is 5.92 Å². The molecule has 2 aliphatic rings. The zero-order chi connectivity index (χ0) is 14.9. The number of anilines is 2. The fraction of sp³-hybridized carbons (Fsp3) is 0.333. The first-order valence-electron chi connectivity index (χ1n) is 7.88. The normalized spacial score (nSPS) is 17.0. The number of nitrogens with one attached hydrogen (secondary N) is 1. The molecule has 0 saturated heterocycles. The molecule has 1 aromatic carbocycles. The predicted octanol–water partition coefficient (Wildman–Crippen LogP) is 2.99. The third-order valence-electron chi connectivity index (χ3n) is 4.42. The lowest BCUT2D eigenvalue weighted by Gasteiger charge is -2.30. The van der Waals surface area contributed by atoms with Gasteiger partial charge >= 0.3 is 0 Å². The molecule has 1 amide bonds. The van der Waals surface area contributed by atoms with Gasteiger partial charge in [-0.15, -0.1) is 0 Å². The molecule has 4 nitrogen and oxygen atoms in total. The van der Waals surface area contributed by atoms with Crippen LogP contribution in [0.1, 0.15) is 24.0 Å². The molecule has 1 aliphatic carbocycles. The molecule has 1 aliphatic heterocycles. The number of amides is 1. The van der Waals surface area contributed by atoms with E-state index in [1.54, 1.807) is 6.20 Å². The quantitative estimate of drug-likeness (QED) is 0.946. The summed E-state index contributed by atoms with van der Waals surface area (Å²) in [6.07, 6.45) is 4.86. The first-order chi connectivity index (χ1) is 10.8. The Balaban J connectivity index is 1.52. The molecule has 4 rings (SSSR count). The highest BCUT2D eigenvalue weighted by molar-refractivity contribution is 5.94. The van der Waals surface area contributed by atoms with Gasteiger partial charge in [0.05, 0.1) is 0 Å². The molecular weight excluding hydrogens is 274 g/mol.